The third kappa shape index (κ3) is 10.5. The van der Waals surface area contributed by atoms with E-state index in [0.29, 0.717) is 6.42 Å². The highest BCUT2D eigenvalue weighted by molar-refractivity contribution is 6.40. The zero-order valence-corrected chi connectivity index (χ0v) is 15.4. The normalized spacial score (nSPS) is 14.5. The van der Waals surface area contributed by atoms with Crippen LogP contribution in [-0.4, -0.2) is 52.5 Å². The van der Waals surface area contributed by atoms with Gasteiger partial charge in [-0.25, -0.2) is 4.79 Å². The van der Waals surface area contributed by atoms with Gasteiger partial charge in [-0.3, -0.25) is 4.79 Å². The Hall–Kier alpha value is -1.51. The summed E-state index contributed by atoms with van der Waals surface area (Å²) in [5.41, 5.74) is 7.07. The van der Waals surface area contributed by atoms with Crippen molar-refractivity contribution in [2.45, 2.75) is 31.5 Å². The largest absolute Gasteiger partial charge is 0.490 e. The minimum Gasteiger partial charge on any atom is -0.475 e. The minimum absolute atomic E-state index is 0.0985. The maximum atomic E-state index is 12.0. The predicted molar refractivity (Wildman–Crippen MR) is 94.2 cm³/mol. The molecule has 0 aromatic heterocycles. The first-order valence-corrected chi connectivity index (χ1v) is 8.70. The number of likely N-dealkylation sites (tertiary alicyclic amines) is 1. The molecule has 148 valence electrons. The molecule has 0 radical (unpaired) electrons. The fraction of sp³-hybridized carbons (Fsp3) is 0.500. The van der Waals surface area contributed by atoms with E-state index >= 15 is 0 Å². The SMILES string of the molecule is ClCCl.N[C@@H](Cc1ccccc1)C(=O)N1CCCC1.O=C(O)C(F)(F)F. The molecule has 1 aromatic carbocycles. The molecule has 10 heteroatoms. The molecule has 1 saturated heterocycles. The Kier molecular flexibility index (Phi) is 12.0. The van der Waals surface area contributed by atoms with Crippen LogP contribution in [0.5, 0.6) is 0 Å². The number of carboxylic acid groups (broad SMARTS) is 1. The number of hydrogen-bond acceptors (Lipinski definition) is 3. The molecule has 1 fully saturated rings. The summed E-state index contributed by atoms with van der Waals surface area (Å²) < 4.78 is 31.7. The van der Waals surface area contributed by atoms with E-state index in [1.54, 1.807) is 0 Å². The van der Waals surface area contributed by atoms with Crippen LogP contribution in [0.4, 0.5) is 13.2 Å². The number of carbonyl (C=O) groups excluding carboxylic acids is 1. The van der Waals surface area contributed by atoms with Gasteiger partial charge in [-0.2, -0.15) is 13.2 Å². The van der Waals surface area contributed by atoms with E-state index in [2.05, 4.69) is 0 Å². The van der Waals surface area contributed by atoms with Gasteiger partial charge in [-0.15, -0.1) is 23.2 Å². The molecule has 2 rings (SSSR count). The van der Waals surface area contributed by atoms with Crippen molar-refractivity contribution in [1.82, 2.24) is 4.90 Å². The van der Waals surface area contributed by atoms with Crippen LogP contribution in [-0.2, 0) is 16.0 Å². The second-order valence-electron chi connectivity index (χ2n) is 5.23. The Balaban J connectivity index is 0.000000526. The monoisotopic (exact) mass is 416 g/mol. The van der Waals surface area contributed by atoms with E-state index in [9.17, 15) is 18.0 Å². The Bertz CT molecular complexity index is 539. The minimum atomic E-state index is -5.08. The molecule has 1 aliphatic rings. The maximum absolute atomic E-state index is 12.0. The van der Waals surface area contributed by atoms with Crippen LogP contribution in [0.2, 0.25) is 0 Å². The highest BCUT2D eigenvalue weighted by Gasteiger charge is 2.38. The van der Waals surface area contributed by atoms with E-state index in [4.69, 9.17) is 38.8 Å². The van der Waals surface area contributed by atoms with Gasteiger partial charge in [0.1, 0.15) is 0 Å². The number of carbonyl (C=O) groups is 2. The van der Waals surface area contributed by atoms with Crippen LogP contribution in [0.15, 0.2) is 30.3 Å². The summed E-state index contributed by atoms with van der Waals surface area (Å²) in [6, 6.07) is 9.55. The number of carboxylic acids is 1. The van der Waals surface area contributed by atoms with Gasteiger partial charge in [0.25, 0.3) is 0 Å². The molecule has 0 bridgehead atoms. The molecular formula is C16H21Cl2F3N2O3. The molecule has 0 saturated carbocycles. The van der Waals surface area contributed by atoms with Crippen LogP contribution in [0.1, 0.15) is 18.4 Å². The van der Waals surface area contributed by atoms with Gasteiger partial charge in [0.05, 0.1) is 11.4 Å². The number of alkyl halides is 5. The zero-order valence-electron chi connectivity index (χ0n) is 13.9. The Morgan fingerprint density at radius 3 is 1.96 bits per heavy atom. The molecule has 5 nitrogen and oxygen atoms in total. The van der Waals surface area contributed by atoms with Crippen LogP contribution in [0.3, 0.4) is 0 Å². The summed E-state index contributed by atoms with van der Waals surface area (Å²) in [6.07, 6.45) is -2.22. The average molecular weight is 417 g/mol. The molecule has 1 aromatic rings. The standard InChI is InChI=1S/C13H18N2O.C2HF3O2.CH2Cl2/c14-12(10-11-6-2-1-3-7-11)13(16)15-8-4-5-9-15;3-2(4,5)1(6)7;2-1-3/h1-3,6-7,12H,4-5,8-10,14H2;(H,6,7);1H2/t12-;;/m0../s1. The lowest BCUT2D eigenvalue weighted by Crippen LogP contribution is -2.43. The number of benzene rings is 1. The summed E-state index contributed by atoms with van der Waals surface area (Å²) in [6.45, 7) is 1.75. The summed E-state index contributed by atoms with van der Waals surface area (Å²) >= 11 is 9.53. The van der Waals surface area contributed by atoms with Gasteiger partial charge >= 0.3 is 12.1 Å². The number of nitrogens with two attached hydrogens (primary N) is 1. The van der Waals surface area contributed by atoms with Gasteiger partial charge in [0.15, 0.2) is 0 Å². The first kappa shape index (κ1) is 24.5. The van der Waals surface area contributed by atoms with Gasteiger partial charge in [0.2, 0.25) is 5.91 Å². The first-order chi connectivity index (χ1) is 12.1. The second-order valence-corrected chi connectivity index (χ2v) is 6.04. The van der Waals surface area contributed by atoms with Gasteiger partial charge < -0.3 is 15.7 Å². The molecule has 1 atom stereocenters. The van der Waals surface area contributed by atoms with E-state index in [-0.39, 0.29) is 17.3 Å². The molecule has 0 unspecified atom stereocenters. The van der Waals surface area contributed by atoms with Crippen LogP contribution >= 0.6 is 23.2 Å². The quantitative estimate of drug-likeness (QED) is 0.740. The second kappa shape index (κ2) is 12.8. The highest BCUT2D eigenvalue weighted by atomic mass is 35.5. The third-order valence-electron chi connectivity index (χ3n) is 3.28. The molecule has 1 aliphatic heterocycles. The van der Waals surface area contributed by atoms with Crippen LogP contribution in [0, 0.1) is 0 Å². The van der Waals surface area contributed by atoms with Gasteiger partial charge in [-0.1, -0.05) is 30.3 Å². The predicted octanol–water partition coefficient (Wildman–Crippen LogP) is 3.23. The van der Waals surface area contributed by atoms with E-state index in [1.165, 1.54) is 0 Å². The summed E-state index contributed by atoms with van der Waals surface area (Å²) in [5.74, 6) is -2.66. The van der Waals surface area contributed by atoms with Crippen LogP contribution in [0.25, 0.3) is 0 Å². The number of halogens is 5. The lowest BCUT2D eigenvalue weighted by Gasteiger charge is -2.20. The average Bonchev–Trinajstić information content (AvgIpc) is 3.10. The Morgan fingerprint density at radius 2 is 1.58 bits per heavy atom. The molecule has 0 aliphatic carbocycles. The lowest BCUT2D eigenvalue weighted by molar-refractivity contribution is -0.192. The van der Waals surface area contributed by atoms with Crippen molar-refractivity contribution in [2.75, 3.05) is 18.4 Å². The number of amides is 1. The molecule has 3 N–H and O–H groups in total. The zero-order chi connectivity index (χ0) is 20.2. The summed E-state index contributed by atoms with van der Waals surface area (Å²) in [4.78, 5) is 22.7. The Labute approximate surface area is 159 Å². The molecule has 26 heavy (non-hydrogen) atoms. The first-order valence-electron chi connectivity index (χ1n) is 7.63. The third-order valence-corrected chi connectivity index (χ3v) is 3.28. The summed E-state index contributed by atoms with van der Waals surface area (Å²) in [5, 5.41) is 7.32. The van der Waals surface area contributed by atoms with Crippen LogP contribution < -0.4 is 5.73 Å². The smallest absolute Gasteiger partial charge is 0.475 e. The lowest BCUT2D eigenvalue weighted by atomic mass is 10.1. The van der Waals surface area contributed by atoms with Crippen molar-refractivity contribution >= 4 is 35.1 Å². The fourth-order valence-electron chi connectivity index (χ4n) is 2.13. The van der Waals surface area contributed by atoms with Gasteiger partial charge in [0, 0.05) is 13.1 Å². The highest BCUT2D eigenvalue weighted by Crippen LogP contribution is 2.13. The molecule has 0 spiro atoms. The van der Waals surface area contributed by atoms with Crippen molar-refractivity contribution in [1.29, 1.82) is 0 Å². The van der Waals surface area contributed by atoms with Crippen molar-refractivity contribution in [3.63, 3.8) is 0 Å². The van der Waals surface area contributed by atoms with E-state index < -0.39 is 12.1 Å². The van der Waals surface area contributed by atoms with Gasteiger partial charge in [-0.05, 0) is 24.8 Å². The van der Waals surface area contributed by atoms with E-state index in [1.807, 2.05) is 35.2 Å². The molecule has 1 heterocycles. The summed E-state index contributed by atoms with van der Waals surface area (Å²) in [7, 11) is 0. The molecular weight excluding hydrogens is 396 g/mol. The number of hydrogen-bond donors (Lipinski definition) is 2. The van der Waals surface area contributed by atoms with Crippen molar-refractivity contribution in [2.24, 2.45) is 5.73 Å². The molecule has 1 amide bonds. The fourth-order valence-corrected chi connectivity index (χ4v) is 2.13. The number of rotatable bonds is 3. The maximum Gasteiger partial charge on any atom is 0.490 e. The van der Waals surface area contributed by atoms with Crippen molar-refractivity contribution in [3.05, 3.63) is 35.9 Å². The number of aliphatic carboxylic acids is 1. The topological polar surface area (TPSA) is 83.6 Å². The number of nitrogens with zero attached hydrogens (tertiary/aromatic N) is 1. The van der Waals surface area contributed by atoms with Crippen molar-refractivity contribution < 1.29 is 27.9 Å². The Morgan fingerprint density at radius 1 is 1.15 bits per heavy atom. The van der Waals surface area contributed by atoms with Crippen molar-refractivity contribution in [3.8, 4) is 0 Å². The van der Waals surface area contributed by atoms with E-state index in [0.717, 1.165) is 31.5 Å².